The van der Waals surface area contributed by atoms with Gasteiger partial charge >= 0.3 is 0 Å². The average Bonchev–Trinajstić information content (AvgIpc) is 1.33. The Morgan fingerprint density at radius 1 is 1.62 bits per heavy atom. The molecule has 0 unspecified atom stereocenters. The Bertz CT molecular complexity index is 42.5. The van der Waals surface area contributed by atoms with Crippen LogP contribution in [0.25, 0.3) is 0 Å². The summed E-state index contributed by atoms with van der Waals surface area (Å²) in [7, 11) is 0. The van der Waals surface area contributed by atoms with Gasteiger partial charge in [-0.3, -0.25) is 4.79 Å². The monoisotopic (exact) mass is 195 g/mol. The van der Waals surface area contributed by atoms with E-state index in [-0.39, 0.29) is 39.3 Å². The van der Waals surface area contributed by atoms with Gasteiger partial charge in [-0.05, 0) is 6.92 Å². The van der Waals surface area contributed by atoms with E-state index in [1.807, 2.05) is 0 Å². The molecule has 0 bridgehead atoms. The third-order valence-electron chi connectivity index (χ3n) is 0. The number of carboxylic acids is 1. The molecule has 8 heavy (non-hydrogen) atoms. The summed E-state index contributed by atoms with van der Waals surface area (Å²) in [5.74, 6) is -0.833. The molecule has 1 radical (unpaired) electrons. The van der Waals surface area contributed by atoms with Gasteiger partial charge in [-0.1, -0.05) is 0 Å². The van der Waals surface area contributed by atoms with E-state index >= 15 is 0 Å². The molecule has 0 aliphatic heterocycles. The van der Waals surface area contributed by atoms with E-state index < -0.39 is 5.97 Å². The van der Waals surface area contributed by atoms with Gasteiger partial charge < -0.3 is 10.2 Å². The van der Waals surface area contributed by atoms with Crippen molar-refractivity contribution < 1.29 is 47.7 Å². The second kappa shape index (κ2) is 15.6. The maximum Gasteiger partial charge on any atom is 0.300 e. The maximum atomic E-state index is 9.00. The van der Waals surface area contributed by atoms with Crippen molar-refractivity contribution in [3.8, 4) is 0 Å². The van der Waals surface area contributed by atoms with Crippen molar-refractivity contribution in [2.75, 3.05) is 6.61 Å². The largest absolute Gasteiger partial charge is 0.481 e. The molecular weight excluding hydrogens is 185 g/mol. The van der Waals surface area contributed by atoms with E-state index in [9.17, 15) is 0 Å². The fraction of sp³-hybridized carbons (Fsp3) is 0.750. The van der Waals surface area contributed by atoms with Gasteiger partial charge in [0, 0.05) is 46.2 Å². The molecule has 0 saturated heterocycles. The summed E-state index contributed by atoms with van der Waals surface area (Å²) in [6.07, 6.45) is 0. The smallest absolute Gasteiger partial charge is 0.300 e. The first-order chi connectivity index (χ1) is 3.15. The molecule has 0 spiro atoms. The fourth-order valence-electron chi connectivity index (χ4n) is 0. The predicted octanol–water partition coefficient (Wildman–Crippen LogP) is 0.0870. The molecule has 2 N–H and O–H groups in total. The van der Waals surface area contributed by atoms with E-state index in [0.29, 0.717) is 0 Å². The van der Waals surface area contributed by atoms with Gasteiger partial charge in [-0.15, -0.1) is 0 Å². The Balaban J connectivity index is -0.0000000575. The molecule has 0 atom stereocenters. The van der Waals surface area contributed by atoms with Crippen LogP contribution in [0.3, 0.4) is 0 Å². The first-order valence-electron chi connectivity index (χ1n) is 1.95. The van der Waals surface area contributed by atoms with Crippen molar-refractivity contribution in [2.45, 2.75) is 13.8 Å². The normalized spacial score (nSPS) is 5.38. The van der Waals surface area contributed by atoms with E-state index in [2.05, 4.69) is 0 Å². The van der Waals surface area contributed by atoms with Crippen LogP contribution in [0, 0.1) is 0 Å². The van der Waals surface area contributed by atoms with Crippen molar-refractivity contribution in [1.82, 2.24) is 0 Å². The van der Waals surface area contributed by atoms with Crippen molar-refractivity contribution in [3.05, 3.63) is 0 Å². The Kier molecular flexibility index (Phi) is 30.9. The minimum Gasteiger partial charge on any atom is -0.481 e. The van der Waals surface area contributed by atoms with Crippen molar-refractivity contribution in [3.63, 3.8) is 0 Å². The number of aliphatic carboxylic acids is 1. The first kappa shape index (κ1) is 15.8. The summed E-state index contributed by atoms with van der Waals surface area (Å²) < 4.78 is 0. The van der Waals surface area contributed by atoms with Crippen LogP contribution < -0.4 is 0 Å². The summed E-state index contributed by atoms with van der Waals surface area (Å²) in [5.41, 5.74) is 0. The Morgan fingerprint density at radius 2 is 1.62 bits per heavy atom. The summed E-state index contributed by atoms with van der Waals surface area (Å²) in [6, 6.07) is 0. The first-order valence-corrected chi connectivity index (χ1v) is 1.95. The van der Waals surface area contributed by atoms with Crippen LogP contribution in [-0.2, 0) is 37.5 Å². The van der Waals surface area contributed by atoms with Gasteiger partial charge in [0.2, 0.25) is 0 Å². The molecule has 3 nitrogen and oxygen atoms in total. The molecule has 0 aromatic carbocycles. The van der Waals surface area contributed by atoms with E-state index in [1.54, 1.807) is 6.92 Å². The van der Waals surface area contributed by atoms with Crippen LogP contribution in [0.2, 0.25) is 0 Å². The molecule has 0 aliphatic rings. The summed E-state index contributed by atoms with van der Waals surface area (Å²) in [5, 5.41) is 15.0. The van der Waals surface area contributed by atoms with Gasteiger partial charge in [-0.25, -0.2) is 0 Å². The second-order valence-electron chi connectivity index (χ2n) is 0.835. The topological polar surface area (TPSA) is 57.5 Å². The molecule has 0 aromatic rings. The minimum atomic E-state index is -0.833. The van der Waals surface area contributed by atoms with Crippen molar-refractivity contribution >= 4 is 5.97 Å². The van der Waals surface area contributed by atoms with Gasteiger partial charge in [0.05, 0.1) is 0 Å². The van der Waals surface area contributed by atoms with Crippen LogP contribution in [0.5, 0.6) is 0 Å². The van der Waals surface area contributed by atoms with Gasteiger partial charge in [0.1, 0.15) is 0 Å². The van der Waals surface area contributed by atoms with Crippen LogP contribution in [0.15, 0.2) is 0 Å². The standard InChI is InChI=1S/C2H4O2.C2H6O.Y/c1-2(3)4;1-2-3;/h1H3,(H,3,4);3H,2H2,1H3;. The summed E-state index contributed by atoms with van der Waals surface area (Å²) in [4.78, 5) is 9.00. The number of carbonyl (C=O) groups is 1. The summed E-state index contributed by atoms with van der Waals surface area (Å²) in [6.45, 7) is 3.01. The zero-order chi connectivity index (χ0) is 6.28. The van der Waals surface area contributed by atoms with Gasteiger partial charge in [-0.2, -0.15) is 0 Å². The number of carboxylic acid groups (broad SMARTS) is 1. The molecular formula is C4H10O3Y. The van der Waals surface area contributed by atoms with Crippen LogP contribution in [-0.4, -0.2) is 22.8 Å². The third-order valence-corrected chi connectivity index (χ3v) is 0. The SMILES string of the molecule is CC(=O)O.CCO.[Y]. The molecule has 0 saturated carbocycles. The molecule has 0 fully saturated rings. The van der Waals surface area contributed by atoms with Gasteiger partial charge in [0.25, 0.3) is 5.97 Å². The zero-order valence-electron chi connectivity index (χ0n) is 5.09. The Morgan fingerprint density at radius 3 is 1.62 bits per heavy atom. The molecule has 4 heteroatoms. The molecule has 0 aliphatic carbocycles. The fourth-order valence-corrected chi connectivity index (χ4v) is 0. The summed E-state index contributed by atoms with van der Waals surface area (Å²) >= 11 is 0. The van der Waals surface area contributed by atoms with Crippen molar-refractivity contribution in [2.24, 2.45) is 0 Å². The van der Waals surface area contributed by atoms with E-state index in [1.165, 1.54) is 0 Å². The second-order valence-corrected chi connectivity index (χ2v) is 0.835. The molecule has 0 heterocycles. The number of rotatable bonds is 0. The van der Waals surface area contributed by atoms with E-state index in [0.717, 1.165) is 6.92 Å². The zero-order valence-corrected chi connectivity index (χ0v) is 7.93. The average molecular weight is 195 g/mol. The van der Waals surface area contributed by atoms with E-state index in [4.69, 9.17) is 15.0 Å². The van der Waals surface area contributed by atoms with Crippen molar-refractivity contribution in [1.29, 1.82) is 0 Å². The molecule has 0 amide bonds. The number of hydrogen-bond donors (Lipinski definition) is 2. The maximum absolute atomic E-state index is 9.00. The number of aliphatic hydroxyl groups excluding tert-OH is 1. The van der Waals surface area contributed by atoms with Gasteiger partial charge in [0.15, 0.2) is 0 Å². The van der Waals surface area contributed by atoms with Crippen LogP contribution in [0.1, 0.15) is 13.8 Å². The Hall–Kier alpha value is 0.534. The quantitative estimate of drug-likeness (QED) is 0.575. The van der Waals surface area contributed by atoms with Crippen LogP contribution in [0.4, 0.5) is 0 Å². The molecule has 0 aromatic heterocycles. The third kappa shape index (κ3) is 702. The molecule has 47 valence electrons. The minimum absolute atomic E-state index is 0. The van der Waals surface area contributed by atoms with Crippen LogP contribution >= 0.6 is 0 Å². The number of hydrogen-bond acceptors (Lipinski definition) is 2. The Labute approximate surface area is 74.0 Å². The number of aliphatic hydroxyl groups is 1. The predicted molar refractivity (Wildman–Crippen MR) is 26.1 cm³/mol. The molecule has 0 rings (SSSR count).